The molecule has 0 N–H and O–H groups in total. The number of hydrogen-bond acceptors (Lipinski definition) is 12. The minimum atomic E-state index is -1.79. The van der Waals surface area contributed by atoms with Gasteiger partial charge in [0.1, 0.15) is 36.7 Å². The van der Waals surface area contributed by atoms with Gasteiger partial charge in [0.25, 0.3) is 0 Å². The van der Waals surface area contributed by atoms with E-state index in [0.717, 1.165) is 44.4 Å². The monoisotopic (exact) mass is 816 g/mol. The van der Waals surface area contributed by atoms with E-state index in [2.05, 4.69) is 15.0 Å². The van der Waals surface area contributed by atoms with E-state index in [4.69, 9.17) is 24.2 Å². The molecule has 0 unspecified atom stereocenters. The van der Waals surface area contributed by atoms with E-state index in [1.807, 2.05) is 18.0 Å². The van der Waals surface area contributed by atoms with Crippen molar-refractivity contribution >= 4 is 29.8 Å². The predicted octanol–water partition coefficient (Wildman–Crippen LogP) is 5.74. The summed E-state index contributed by atoms with van der Waals surface area (Å²) in [4.78, 5) is 35.4. The minimum Gasteiger partial charge on any atom is -0.460 e. The Morgan fingerprint density at radius 2 is 1.81 bits per heavy atom. The first-order valence-electron chi connectivity index (χ1n) is 18.6. The van der Waals surface area contributed by atoms with Crippen molar-refractivity contribution < 1.29 is 41.7 Å². The lowest BCUT2D eigenvalue weighted by atomic mass is 9.89. The summed E-state index contributed by atoms with van der Waals surface area (Å²) in [6.45, 7) is 5.06. The van der Waals surface area contributed by atoms with Gasteiger partial charge in [0.2, 0.25) is 0 Å². The number of rotatable bonds is 15. The van der Waals surface area contributed by atoms with Crippen LogP contribution in [0.4, 0.5) is 13.2 Å². The Labute approximate surface area is 338 Å². The summed E-state index contributed by atoms with van der Waals surface area (Å²) in [6, 6.07) is 15.7. The lowest BCUT2D eigenvalue weighted by molar-refractivity contribution is -0.147. The first-order valence-corrected chi connectivity index (χ1v) is 19.6. The average molecular weight is 817 g/mol. The molecule has 0 aliphatic carbocycles. The molecule has 0 amide bonds. The summed E-state index contributed by atoms with van der Waals surface area (Å²) in [5.74, 6) is -3.51. The van der Waals surface area contributed by atoms with E-state index in [0.29, 0.717) is 11.1 Å². The standard InChI is InChI=1S/C42H43F3N6O6S/c1-29(58-34-24-55-40(56-25-34)10-6-4-7-31-12-11-30(21-46)19-37(31)44)42(26-51-28-47-27-48-51,36-14-13-33(43)20-38(36)45)57-41(53)35-9-5-3-8-32(35)23-54-39(52)22-50-17-15-49(2)16-18-50/h3-14,19-20,27-29,34,40H,15-18,22-26H2,1-2H3/t29-,34?,40?,42-/m1/s1. The molecule has 2 aliphatic rings. The van der Waals surface area contributed by atoms with Crippen LogP contribution < -0.4 is 0 Å². The molecule has 2 fully saturated rings. The minimum absolute atomic E-state index is 0.0854. The molecular formula is C42H43F3N6O6S. The molecule has 0 bridgehead atoms. The van der Waals surface area contributed by atoms with Gasteiger partial charge in [0.15, 0.2) is 11.9 Å². The van der Waals surface area contributed by atoms with Gasteiger partial charge in [0.05, 0.1) is 48.7 Å². The summed E-state index contributed by atoms with van der Waals surface area (Å²) < 4.78 is 69.9. The largest absolute Gasteiger partial charge is 0.460 e. The van der Waals surface area contributed by atoms with Gasteiger partial charge < -0.3 is 23.8 Å². The Kier molecular flexibility index (Phi) is 14.5. The van der Waals surface area contributed by atoms with Crippen LogP contribution in [0.25, 0.3) is 6.08 Å². The summed E-state index contributed by atoms with van der Waals surface area (Å²) in [5.41, 5.74) is -0.842. The van der Waals surface area contributed by atoms with Gasteiger partial charge in [-0.25, -0.2) is 27.6 Å². The third kappa shape index (κ3) is 11.0. The fourth-order valence-corrected chi connectivity index (χ4v) is 7.94. The van der Waals surface area contributed by atoms with Crippen molar-refractivity contribution in [3.8, 4) is 6.07 Å². The van der Waals surface area contributed by atoms with Gasteiger partial charge in [-0.15, -0.1) is 11.8 Å². The summed E-state index contributed by atoms with van der Waals surface area (Å²) >= 11 is 1.33. The van der Waals surface area contributed by atoms with Gasteiger partial charge >= 0.3 is 11.9 Å². The maximum absolute atomic E-state index is 16.0. The van der Waals surface area contributed by atoms with Crippen LogP contribution in [0, 0.1) is 28.8 Å². The third-order valence-corrected chi connectivity index (χ3v) is 11.3. The number of carbonyl (C=O) groups is 2. The van der Waals surface area contributed by atoms with Crippen LogP contribution in [0.2, 0.25) is 0 Å². The molecule has 12 nitrogen and oxygen atoms in total. The van der Waals surface area contributed by atoms with Crippen molar-refractivity contribution in [2.45, 2.75) is 42.5 Å². The Morgan fingerprint density at radius 3 is 2.52 bits per heavy atom. The molecule has 1 aromatic heterocycles. The third-order valence-electron chi connectivity index (χ3n) is 9.83. The SMILES string of the molecule is C[C@@H](SC1COC(C=CC=Cc2ccc(C#N)cc2F)OC1)[C@@](Cn1cncn1)(OC(=O)c1ccccc1COC(=O)CN1CCN(C)CC1)c1ccc(F)cc1F. The molecule has 2 saturated heterocycles. The number of nitrogens with zero attached hydrogens (tertiary/aromatic N) is 6. The predicted molar refractivity (Wildman–Crippen MR) is 209 cm³/mol. The highest BCUT2D eigenvalue weighted by Gasteiger charge is 2.47. The van der Waals surface area contributed by atoms with Crippen molar-refractivity contribution in [3.05, 3.63) is 137 Å². The highest BCUT2D eigenvalue weighted by atomic mass is 32.2. The molecule has 304 valence electrons. The Hall–Kier alpha value is -5.31. The molecule has 2 atom stereocenters. The summed E-state index contributed by atoms with van der Waals surface area (Å²) in [7, 11) is 2.03. The Balaban J connectivity index is 1.18. The Bertz CT molecular complexity index is 2130. The number of thioether (sulfide) groups is 1. The number of ether oxygens (including phenoxy) is 4. The van der Waals surface area contributed by atoms with Crippen molar-refractivity contribution in [1.82, 2.24) is 24.6 Å². The number of halogens is 3. The van der Waals surface area contributed by atoms with E-state index in [1.165, 1.54) is 53.4 Å². The highest BCUT2D eigenvalue weighted by Crippen LogP contribution is 2.42. The molecule has 3 aromatic carbocycles. The van der Waals surface area contributed by atoms with Crippen molar-refractivity contribution in [3.63, 3.8) is 0 Å². The fourth-order valence-electron chi connectivity index (χ4n) is 6.58. The van der Waals surface area contributed by atoms with E-state index in [1.54, 1.807) is 49.4 Å². The van der Waals surface area contributed by atoms with Crippen LogP contribution in [0.5, 0.6) is 0 Å². The van der Waals surface area contributed by atoms with Gasteiger partial charge in [-0.2, -0.15) is 10.4 Å². The molecule has 0 saturated carbocycles. The number of carbonyl (C=O) groups excluding carboxylic acids is 2. The second-order valence-electron chi connectivity index (χ2n) is 13.9. The second-order valence-corrected chi connectivity index (χ2v) is 15.6. The first-order chi connectivity index (χ1) is 28.0. The zero-order chi connectivity index (χ0) is 41.1. The quantitative estimate of drug-likeness (QED) is 0.107. The van der Waals surface area contributed by atoms with Gasteiger partial charge in [-0.05, 0) is 50.4 Å². The molecule has 58 heavy (non-hydrogen) atoms. The van der Waals surface area contributed by atoms with E-state index >= 15 is 4.39 Å². The lowest BCUT2D eigenvalue weighted by Gasteiger charge is -2.40. The number of aromatic nitrogens is 3. The van der Waals surface area contributed by atoms with Crippen molar-refractivity contribution in [2.24, 2.45) is 0 Å². The van der Waals surface area contributed by atoms with Crippen LogP contribution in [0.15, 0.2) is 91.5 Å². The number of likely N-dealkylation sites (N-methyl/N-ethyl adjacent to an activating group) is 1. The van der Waals surface area contributed by atoms with Crippen LogP contribution in [-0.2, 0) is 42.5 Å². The van der Waals surface area contributed by atoms with Crippen LogP contribution in [0.3, 0.4) is 0 Å². The van der Waals surface area contributed by atoms with Crippen LogP contribution in [-0.4, -0.2) is 106 Å². The van der Waals surface area contributed by atoms with E-state index in [-0.39, 0.29) is 54.9 Å². The van der Waals surface area contributed by atoms with E-state index < -0.39 is 46.5 Å². The number of esters is 2. The van der Waals surface area contributed by atoms with Gasteiger partial charge in [-0.1, -0.05) is 42.5 Å². The molecule has 3 heterocycles. The molecule has 6 rings (SSSR count). The highest BCUT2D eigenvalue weighted by molar-refractivity contribution is 8.00. The Morgan fingerprint density at radius 1 is 1.03 bits per heavy atom. The molecule has 4 aromatic rings. The maximum Gasteiger partial charge on any atom is 0.339 e. The molecular weight excluding hydrogens is 774 g/mol. The van der Waals surface area contributed by atoms with Crippen molar-refractivity contribution in [2.75, 3.05) is 53.0 Å². The van der Waals surface area contributed by atoms with Crippen LogP contribution in [0.1, 0.15) is 39.5 Å². The van der Waals surface area contributed by atoms with Gasteiger partial charge in [-0.3, -0.25) is 9.69 Å². The second kappa shape index (κ2) is 19.9. The zero-order valence-corrected chi connectivity index (χ0v) is 32.8. The number of hydrogen-bond donors (Lipinski definition) is 0. The van der Waals surface area contributed by atoms with Gasteiger partial charge in [0, 0.05) is 54.2 Å². The number of nitriles is 1. The van der Waals surface area contributed by atoms with Crippen LogP contribution >= 0.6 is 11.8 Å². The van der Waals surface area contributed by atoms with Crippen molar-refractivity contribution in [1.29, 1.82) is 5.26 Å². The molecule has 0 spiro atoms. The normalized spacial score (nSPS) is 19.4. The maximum atomic E-state index is 16.0. The zero-order valence-electron chi connectivity index (χ0n) is 32.0. The number of allylic oxidation sites excluding steroid dienone is 2. The number of piperazine rings is 1. The fraction of sp³-hybridized carbons (Fsp3) is 0.357. The molecule has 0 radical (unpaired) electrons. The first kappa shape index (κ1) is 42.3. The summed E-state index contributed by atoms with van der Waals surface area (Å²) in [5, 5.41) is 12.2. The lowest BCUT2D eigenvalue weighted by Crippen LogP contribution is -2.47. The topological polar surface area (TPSA) is 132 Å². The summed E-state index contributed by atoms with van der Waals surface area (Å²) in [6.07, 6.45) is 8.50. The smallest absolute Gasteiger partial charge is 0.339 e. The number of benzene rings is 3. The van der Waals surface area contributed by atoms with E-state index in [9.17, 15) is 18.4 Å². The average Bonchev–Trinajstić information content (AvgIpc) is 3.73. The molecule has 16 heteroatoms. The molecule has 2 aliphatic heterocycles.